The fourth-order valence-electron chi connectivity index (χ4n) is 3.30. The third-order valence-electron chi connectivity index (χ3n) is 4.63. The first-order valence-electron chi connectivity index (χ1n) is 7.31. The molecule has 2 saturated heterocycles. The molecule has 1 spiro atoms. The van der Waals surface area contributed by atoms with Crippen LogP contribution in [0.1, 0.15) is 32.6 Å². The van der Waals surface area contributed by atoms with E-state index in [2.05, 4.69) is 6.92 Å². The van der Waals surface area contributed by atoms with Crippen molar-refractivity contribution in [3.8, 4) is 0 Å². The Labute approximate surface area is 120 Å². The van der Waals surface area contributed by atoms with Crippen LogP contribution in [0.25, 0.3) is 0 Å². The first kappa shape index (κ1) is 14.4. The van der Waals surface area contributed by atoms with Gasteiger partial charge in [-0.3, -0.25) is 0 Å². The lowest BCUT2D eigenvalue weighted by molar-refractivity contribution is -0.186. The molecule has 0 aromatic carbocycles. The Morgan fingerprint density at radius 2 is 1.63 bits per heavy atom. The summed E-state index contributed by atoms with van der Waals surface area (Å²) in [6, 6.07) is 0. The molecule has 19 heavy (non-hydrogen) atoms. The molecule has 0 unspecified atom stereocenters. The summed E-state index contributed by atoms with van der Waals surface area (Å²) in [5.41, 5.74) is 0. The first-order chi connectivity index (χ1) is 9.15. The number of rotatable bonds is 2. The van der Waals surface area contributed by atoms with Crippen LogP contribution in [-0.4, -0.2) is 38.4 Å². The van der Waals surface area contributed by atoms with E-state index in [9.17, 15) is 0 Å². The Balaban J connectivity index is 1.51. The van der Waals surface area contributed by atoms with Crippen LogP contribution in [0.5, 0.6) is 0 Å². The van der Waals surface area contributed by atoms with Gasteiger partial charge in [0.05, 0.1) is 26.4 Å². The second-order valence-electron chi connectivity index (χ2n) is 5.72. The highest BCUT2D eigenvalue weighted by Crippen LogP contribution is 2.53. The zero-order valence-corrected chi connectivity index (χ0v) is 13.2. The van der Waals surface area contributed by atoms with Crippen molar-refractivity contribution in [2.24, 2.45) is 11.8 Å². The van der Waals surface area contributed by atoms with Gasteiger partial charge in [0.15, 0.2) is 12.3 Å². The van der Waals surface area contributed by atoms with E-state index in [1.807, 2.05) is 0 Å². The third kappa shape index (κ3) is 3.07. The summed E-state index contributed by atoms with van der Waals surface area (Å²) in [7, 11) is 0. The van der Waals surface area contributed by atoms with Crippen molar-refractivity contribution in [1.29, 1.82) is 0 Å². The molecule has 3 rings (SSSR count). The zero-order chi connectivity index (χ0) is 13.3. The summed E-state index contributed by atoms with van der Waals surface area (Å²) in [5, 5.41) is 0. The number of hydrogen-bond acceptors (Lipinski definition) is 5. The van der Waals surface area contributed by atoms with Crippen molar-refractivity contribution in [2.45, 2.75) is 38.4 Å². The first-order valence-corrected chi connectivity index (χ1v) is 10.1. The van der Waals surface area contributed by atoms with Gasteiger partial charge in [0, 0.05) is 24.9 Å². The number of ether oxygens (including phenoxy) is 2. The molecular weight excluding hydrogens is 283 g/mol. The van der Waals surface area contributed by atoms with Gasteiger partial charge in [-0.25, -0.2) is 0 Å². The van der Waals surface area contributed by atoms with Crippen LogP contribution >= 0.6 is 6.49 Å². The second kappa shape index (κ2) is 5.70. The molecule has 0 N–H and O–H groups in total. The van der Waals surface area contributed by atoms with Crippen molar-refractivity contribution in [2.75, 3.05) is 32.6 Å². The summed E-state index contributed by atoms with van der Waals surface area (Å²) in [5.74, 6) is 0.908. The van der Waals surface area contributed by atoms with E-state index in [1.165, 1.54) is 0 Å². The minimum Gasteiger partial charge on any atom is -0.348 e. The van der Waals surface area contributed by atoms with E-state index in [0.717, 1.165) is 58.3 Å². The van der Waals surface area contributed by atoms with E-state index in [1.54, 1.807) is 0 Å². The van der Waals surface area contributed by atoms with Crippen molar-refractivity contribution < 1.29 is 18.5 Å². The average Bonchev–Trinajstić information content (AvgIpc) is 2.89. The van der Waals surface area contributed by atoms with Crippen LogP contribution in [0.2, 0.25) is 0 Å². The van der Waals surface area contributed by atoms with Gasteiger partial charge in [0.2, 0.25) is 0 Å². The molecule has 4 nitrogen and oxygen atoms in total. The molecule has 0 radical (unpaired) electrons. The highest BCUT2D eigenvalue weighted by molar-refractivity contribution is 8.09. The molecule has 1 aliphatic carbocycles. The van der Waals surface area contributed by atoms with Gasteiger partial charge in [-0.15, -0.1) is 0 Å². The van der Waals surface area contributed by atoms with Crippen LogP contribution in [0, 0.1) is 11.8 Å². The Hall–Kier alpha value is 0.490. The maximum Gasteiger partial charge on any atom is 0.188 e. The normalized spacial score (nSPS) is 39.7. The van der Waals surface area contributed by atoms with Crippen LogP contribution in [0.3, 0.4) is 0 Å². The molecule has 110 valence electrons. The number of hydrogen-bond donors (Lipinski definition) is 0. The van der Waals surface area contributed by atoms with E-state index >= 15 is 0 Å². The lowest BCUT2D eigenvalue weighted by atomic mass is 9.78. The Kier molecular flexibility index (Phi) is 4.33. The largest absolute Gasteiger partial charge is 0.348 e. The average molecular weight is 306 g/mol. The van der Waals surface area contributed by atoms with Crippen molar-refractivity contribution in [1.82, 2.24) is 0 Å². The fraction of sp³-hybridized carbons (Fsp3) is 1.00. The molecule has 3 aliphatic rings. The summed E-state index contributed by atoms with van der Waals surface area (Å²) in [6.07, 6.45) is 5.15. The highest BCUT2D eigenvalue weighted by atomic mass is 32.5. The van der Waals surface area contributed by atoms with Crippen molar-refractivity contribution >= 4 is 18.3 Å². The van der Waals surface area contributed by atoms with E-state index in [0.29, 0.717) is 11.8 Å². The summed E-state index contributed by atoms with van der Waals surface area (Å²) in [6.45, 7) is 3.19. The second-order valence-corrected chi connectivity index (χ2v) is 9.76. The predicted molar refractivity (Wildman–Crippen MR) is 76.8 cm³/mol. The smallest absolute Gasteiger partial charge is 0.188 e. The maximum absolute atomic E-state index is 5.84. The van der Waals surface area contributed by atoms with Gasteiger partial charge < -0.3 is 18.5 Å². The van der Waals surface area contributed by atoms with Crippen LogP contribution in [-0.2, 0) is 30.3 Å². The Bertz CT molecular complexity index is 348. The van der Waals surface area contributed by atoms with Crippen LogP contribution in [0.15, 0.2) is 0 Å². The molecule has 0 bridgehead atoms. The van der Waals surface area contributed by atoms with E-state index in [4.69, 9.17) is 30.3 Å². The summed E-state index contributed by atoms with van der Waals surface area (Å²) >= 11 is 5.42. The Morgan fingerprint density at radius 1 is 1.05 bits per heavy atom. The van der Waals surface area contributed by atoms with Gasteiger partial charge in [-0.2, -0.15) is 0 Å². The maximum atomic E-state index is 5.84. The lowest BCUT2D eigenvalue weighted by Crippen LogP contribution is -2.39. The van der Waals surface area contributed by atoms with Gasteiger partial charge >= 0.3 is 0 Å². The van der Waals surface area contributed by atoms with E-state index in [-0.39, 0.29) is 5.79 Å². The van der Waals surface area contributed by atoms with Gasteiger partial charge in [-0.1, -0.05) is 6.92 Å². The van der Waals surface area contributed by atoms with Gasteiger partial charge in [0.25, 0.3) is 0 Å². The standard InChI is InChI=1S/C13H23O4PS/c1-2-18(19)16-9-12(10-17-18)11-3-5-13(6-4-11)14-7-8-15-13/h11-12H,2-10H2,1H3. The molecule has 1 saturated carbocycles. The highest BCUT2D eigenvalue weighted by Gasteiger charge is 2.43. The van der Waals surface area contributed by atoms with Gasteiger partial charge in [-0.05, 0) is 30.6 Å². The van der Waals surface area contributed by atoms with Crippen LogP contribution in [0.4, 0.5) is 0 Å². The fourth-order valence-corrected chi connectivity index (χ4v) is 4.94. The van der Waals surface area contributed by atoms with Gasteiger partial charge in [0.1, 0.15) is 0 Å². The molecule has 0 atom stereocenters. The molecule has 2 heterocycles. The summed E-state index contributed by atoms with van der Waals surface area (Å²) in [4.78, 5) is 0. The minimum atomic E-state index is -1.93. The minimum absolute atomic E-state index is 0.259. The van der Waals surface area contributed by atoms with Crippen molar-refractivity contribution in [3.05, 3.63) is 0 Å². The van der Waals surface area contributed by atoms with Crippen LogP contribution < -0.4 is 0 Å². The molecule has 0 aromatic rings. The third-order valence-corrected chi connectivity index (χ3v) is 7.90. The molecule has 2 aliphatic heterocycles. The Morgan fingerprint density at radius 3 is 2.16 bits per heavy atom. The topological polar surface area (TPSA) is 36.9 Å². The lowest BCUT2D eigenvalue weighted by Gasteiger charge is -2.41. The SMILES string of the molecule is CCP1(=S)OCC(C2CCC3(CC2)OCCO3)CO1. The monoisotopic (exact) mass is 306 g/mol. The molecule has 0 aromatic heterocycles. The molecular formula is C13H23O4PS. The molecule has 3 fully saturated rings. The molecule has 6 heteroatoms. The zero-order valence-electron chi connectivity index (χ0n) is 11.5. The molecule has 0 amide bonds. The van der Waals surface area contributed by atoms with E-state index < -0.39 is 6.49 Å². The summed E-state index contributed by atoms with van der Waals surface area (Å²) < 4.78 is 23.2. The van der Waals surface area contributed by atoms with Crippen molar-refractivity contribution in [3.63, 3.8) is 0 Å². The quantitative estimate of drug-likeness (QED) is 0.733. The predicted octanol–water partition coefficient (Wildman–Crippen LogP) is 2.91.